The summed E-state index contributed by atoms with van der Waals surface area (Å²) in [5.74, 6) is 1.78. The molecule has 1 aliphatic carbocycles. The van der Waals surface area contributed by atoms with Gasteiger partial charge in [-0.3, -0.25) is 18.9 Å². The van der Waals surface area contributed by atoms with Gasteiger partial charge in [0.05, 0.1) is 22.6 Å². The summed E-state index contributed by atoms with van der Waals surface area (Å²) >= 11 is 8.97. The highest BCUT2D eigenvalue weighted by molar-refractivity contribution is 7.97. The van der Waals surface area contributed by atoms with Crippen LogP contribution in [0.25, 0.3) is 10.9 Å². The van der Waals surface area contributed by atoms with E-state index in [1.165, 1.54) is 11.9 Å². The zero-order valence-electron chi connectivity index (χ0n) is 22.7. The van der Waals surface area contributed by atoms with Crippen LogP contribution in [0.1, 0.15) is 50.5 Å². The summed E-state index contributed by atoms with van der Waals surface area (Å²) in [5.41, 5.74) is 3.13. The molecule has 1 aromatic carbocycles. The summed E-state index contributed by atoms with van der Waals surface area (Å²) < 4.78 is 4.36. The monoisotopic (exact) mass is 596 g/mol. The number of nitrogens with one attached hydrogen (secondary N) is 2. The third-order valence-electron chi connectivity index (χ3n) is 7.74. The number of hydrogen-bond acceptors (Lipinski definition) is 10. The van der Waals surface area contributed by atoms with Gasteiger partial charge in [-0.15, -0.1) is 21.5 Å². The van der Waals surface area contributed by atoms with Gasteiger partial charge in [-0.1, -0.05) is 29.6 Å². The zero-order valence-corrected chi connectivity index (χ0v) is 25.1. The highest BCUT2D eigenvalue weighted by Gasteiger charge is 2.58. The minimum atomic E-state index is -0.345. The average Bonchev–Trinajstić information content (AvgIpc) is 3.21. The number of aryl methyl sites for hydroxylation is 2. The van der Waals surface area contributed by atoms with Crippen molar-refractivity contribution in [2.24, 2.45) is 18.9 Å². The van der Waals surface area contributed by atoms with Gasteiger partial charge in [0.25, 0.3) is 11.5 Å². The van der Waals surface area contributed by atoms with Crippen LogP contribution in [-0.2, 0) is 7.05 Å². The number of hydrogen-bond donors (Lipinski definition) is 2. The molecule has 2 aliphatic rings. The molecule has 10 nitrogen and oxygen atoms in total. The largest absolute Gasteiger partial charge is 0.377 e. The number of fused-ring (bicyclic) bond motifs is 2. The van der Waals surface area contributed by atoms with E-state index in [0.29, 0.717) is 40.3 Å². The first-order valence-electron chi connectivity index (χ1n) is 13.0. The van der Waals surface area contributed by atoms with Crippen molar-refractivity contribution in [1.29, 1.82) is 0 Å². The van der Waals surface area contributed by atoms with Crippen molar-refractivity contribution < 1.29 is 4.79 Å². The van der Waals surface area contributed by atoms with Crippen LogP contribution in [0.2, 0.25) is 5.15 Å². The zero-order chi connectivity index (χ0) is 28.3. The molecule has 1 aliphatic heterocycles. The second-order valence-electron chi connectivity index (χ2n) is 10.5. The molecule has 1 saturated carbocycles. The summed E-state index contributed by atoms with van der Waals surface area (Å²) in [7, 11) is 1.79. The van der Waals surface area contributed by atoms with Crippen LogP contribution < -0.4 is 20.5 Å². The van der Waals surface area contributed by atoms with Crippen molar-refractivity contribution in [2.75, 3.05) is 29.6 Å². The number of amides is 1. The predicted molar refractivity (Wildman–Crippen MR) is 161 cm³/mol. The molecule has 13 heteroatoms. The maximum absolute atomic E-state index is 13.6. The number of nitrogens with zero attached hydrogens (tertiary/aromatic N) is 6. The number of benzene rings is 1. The normalized spacial score (nSPS) is 20.4. The van der Waals surface area contributed by atoms with Gasteiger partial charge in [-0.25, -0.2) is 9.97 Å². The van der Waals surface area contributed by atoms with Crippen LogP contribution in [0.5, 0.6) is 0 Å². The molecule has 40 heavy (non-hydrogen) atoms. The van der Waals surface area contributed by atoms with Gasteiger partial charge in [-0.2, -0.15) is 0 Å². The van der Waals surface area contributed by atoms with E-state index in [2.05, 4.69) is 30.1 Å². The number of carbonyl (C=O) groups excluding carboxylic acids is 1. The Hall–Kier alpha value is -3.22. The minimum absolute atomic E-state index is 0.0813. The van der Waals surface area contributed by atoms with Crippen LogP contribution in [0.3, 0.4) is 0 Å². The van der Waals surface area contributed by atoms with Gasteiger partial charge in [-0.05, 0) is 56.4 Å². The molecule has 4 aromatic rings. The first-order valence-corrected chi connectivity index (χ1v) is 15.4. The standard InChI is InChI=1S/C27H29ClN8O2S2/c1-12-8-15(13(2)29-19-6-7-20(28)30-23(19)24(37)34-39-5)22-16(9-12)26(38)35(4)27(31-22)36-10-17-18(11-36)21(17)25-33-32-14(3)40-25/h6-9,13,17-18,21,29H,10-11H2,1-5H3,(H,34,37). The molecule has 4 heterocycles. The van der Waals surface area contributed by atoms with E-state index in [4.69, 9.17) is 16.6 Å². The van der Waals surface area contributed by atoms with Crippen LogP contribution >= 0.6 is 34.9 Å². The smallest absolute Gasteiger partial charge is 0.281 e. The van der Waals surface area contributed by atoms with E-state index in [9.17, 15) is 9.59 Å². The summed E-state index contributed by atoms with van der Waals surface area (Å²) in [4.78, 5) is 37.8. The van der Waals surface area contributed by atoms with E-state index in [-0.39, 0.29) is 28.4 Å². The Morgan fingerprint density at radius 2 is 1.93 bits per heavy atom. The lowest BCUT2D eigenvalue weighted by molar-refractivity contribution is 0.0980. The average molecular weight is 597 g/mol. The molecular formula is C27H29ClN8O2S2. The van der Waals surface area contributed by atoms with Crippen LogP contribution in [0.15, 0.2) is 29.1 Å². The van der Waals surface area contributed by atoms with Gasteiger partial charge in [0.1, 0.15) is 15.2 Å². The summed E-state index contributed by atoms with van der Waals surface area (Å²) in [6.45, 7) is 7.60. The Labute approximate surface area is 244 Å². The molecule has 1 amide bonds. The minimum Gasteiger partial charge on any atom is -0.377 e. The molecule has 3 unspecified atom stereocenters. The van der Waals surface area contributed by atoms with Gasteiger partial charge in [0.15, 0.2) is 5.69 Å². The van der Waals surface area contributed by atoms with E-state index < -0.39 is 0 Å². The molecule has 208 valence electrons. The van der Waals surface area contributed by atoms with Crippen molar-refractivity contribution in [3.05, 3.63) is 66.6 Å². The third-order valence-corrected chi connectivity index (χ3v) is 9.28. The molecule has 3 aromatic heterocycles. The first-order chi connectivity index (χ1) is 19.2. The highest BCUT2D eigenvalue weighted by Crippen LogP contribution is 2.59. The Morgan fingerprint density at radius 1 is 1.18 bits per heavy atom. The topological polar surface area (TPSA) is 118 Å². The number of halogens is 1. The van der Waals surface area contributed by atoms with Gasteiger partial charge in [0, 0.05) is 37.9 Å². The van der Waals surface area contributed by atoms with E-state index in [1.807, 2.05) is 32.9 Å². The summed E-state index contributed by atoms with van der Waals surface area (Å²) in [6.07, 6.45) is 1.77. The molecule has 3 atom stereocenters. The van der Waals surface area contributed by atoms with E-state index in [0.717, 1.165) is 34.2 Å². The van der Waals surface area contributed by atoms with Crippen LogP contribution in [0.4, 0.5) is 11.6 Å². The molecular weight excluding hydrogens is 568 g/mol. The number of piperidine rings is 1. The predicted octanol–water partition coefficient (Wildman–Crippen LogP) is 4.48. The SMILES string of the molecule is CSNC(=O)c1nc(Cl)ccc1NC(C)c1cc(C)cc2c(=O)n(C)c(N3CC4C(C3)C4c3nnc(C)s3)nc12. The Balaban J connectivity index is 1.33. The van der Waals surface area contributed by atoms with E-state index >= 15 is 0 Å². The molecule has 6 rings (SSSR count). The lowest BCUT2D eigenvalue weighted by atomic mass is 10.0. The number of aromatic nitrogens is 5. The molecule has 1 saturated heterocycles. The quantitative estimate of drug-likeness (QED) is 0.235. The lowest BCUT2D eigenvalue weighted by Gasteiger charge is -2.24. The fraction of sp³-hybridized carbons (Fsp3) is 0.407. The molecule has 0 bridgehead atoms. The highest BCUT2D eigenvalue weighted by atomic mass is 35.5. The number of carbonyl (C=O) groups is 1. The number of rotatable bonds is 7. The Morgan fingerprint density at radius 3 is 2.60 bits per heavy atom. The van der Waals surface area contributed by atoms with Crippen molar-refractivity contribution in [3.63, 3.8) is 0 Å². The maximum Gasteiger partial charge on any atom is 0.281 e. The Kier molecular flexibility index (Phi) is 6.96. The number of anilines is 2. The third kappa shape index (κ3) is 4.71. The van der Waals surface area contributed by atoms with Crippen molar-refractivity contribution in [1.82, 2.24) is 29.5 Å². The van der Waals surface area contributed by atoms with Gasteiger partial charge in [0.2, 0.25) is 5.95 Å². The molecule has 2 fully saturated rings. The van der Waals surface area contributed by atoms with Gasteiger partial charge >= 0.3 is 0 Å². The lowest BCUT2D eigenvalue weighted by Crippen LogP contribution is -2.32. The molecule has 0 radical (unpaired) electrons. The fourth-order valence-electron chi connectivity index (χ4n) is 5.83. The molecule has 2 N–H and O–H groups in total. The van der Waals surface area contributed by atoms with Crippen molar-refractivity contribution in [2.45, 2.75) is 32.7 Å². The maximum atomic E-state index is 13.6. The van der Waals surface area contributed by atoms with Gasteiger partial charge < -0.3 is 10.2 Å². The van der Waals surface area contributed by atoms with E-state index in [1.54, 1.807) is 41.3 Å². The second-order valence-corrected chi connectivity index (χ2v) is 12.7. The van der Waals surface area contributed by atoms with Crippen LogP contribution in [-0.4, -0.2) is 50.0 Å². The fourth-order valence-corrected chi connectivity index (χ4v) is 7.21. The second kappa shape index (κ2) is 10.3. The Bertz CT molecular complexity index is 1690. The summed E-state index contributed by atoms with van der Waals surface area (Å²) in [6, 6.07) is 7.03. The summed E-state index contributed by atoms with van der Waals surface area (Å²) in [5, 5.41) is 14.9. The van der Waals surface area contributed by atoms with Crippen LogP contribution in [0, 0.1) is 25.7 Å². The number of pyridine rings is 1. The van der Waals surface area contributed by atoms with Crippen molar-refractivity contribution in [3.8, 4) is 0 Å². The molecule has 0 spiro atoms. The first kappa shape index (κ1) is 27.0. The van der Waals surface area contributed by atoms with Crippen molar-refractivity contribution >= 4 is 63.3 Å².